The molecular weight excluding hydrogens is 300 g/mol. The molecule has 126 valence electrons. The van der Waals surface area contributed by atoms with Crippen LogP contribution in [-0.2, 0) is 6.42 Å². The molecule has 0 aromatic heterocycles. The molecule has 1 aromatic rings. The number of phenolic OH excluding ortho intramolecular Hbond substituents is 1. The van der Waals surface area contributed by atoms with Crippen molar-refractivity contribution in [2.45, 2.75) is 57.0 Å². The van der Waals surface area contributed by atoms with Crippen LogP contribution in [0.15, 0.2) is 12.1 Å². The second-order valence-corrected chi connectivity index (χ2v) is 8.10. The highest BCUT2D eigenvalue weighted by molar-refractivity contribution is 5.82. The number of aromatic hydroxyl groups is 1. The number of fused-ring (bicyclic) bond motifs is 5. The number of aliphatic hydroxyl groups is 1. The third-order valence-corrected chi connectivity index (χ3v) is 7.44. The van der Waals surface area contributed by atoms with Gasteiger partial charge in [0.2, 0.25) is 0 Å². The van der Waals surface area contributed by atoms with E-state index >= 15 is 0 Å². The van der Waals surface area contributed by atoms with E-state index in [1.54, 1.807) is 6.07 Å². The maximum atomic E-state index is 11.4. The van der Waals surface area contributed by atoms with Crippen molar-refractivity contribution >= 4 is 6.29 Å². The van der Waals surface area contributed by atoms with Crippen molar-refractivity contribution in [1.29, 1.82) is 0 Å². The van der Waals surface area contributed by atoms with Crippen molar-refractivity contribution in [3.8, 4) is 18.1 Å². The number of carbonyl (C=O) groups excluding carboxylic acids is 1. The lowest BCUT2D eigenvalue weighted by Gasteiger charge is -2.52. The Morgan fingerprint density at radius 1 is 1.29 bits per heavy atom. The predicted octanol–water partition coefficient (Wildman–Crippen LogP) is 3.43. The van der Waals surface area contributed by atoms with Crippen molar-refractivity contribution in [2.75, 3.05) is 0 Å². The highest BCUT2D eigenvalue weighted by atomic mass is 16.3. The number of carbonyl (C=O) groups is 1. The van der Waals surface area contributed by atoms with Crippen molar-refractivity contribution in [2.24, 2.45) is 17.3 Å². The Morgan fingerprint density at radius 3 is 2.79 bits per heavy atom. The van der Waals surface area contributed by atoms with Crippen LogP contribution in [-0.4, -0.2) is 22.1 Å². The molecule has 2 saturated carbocycles. The van der Waals surface area contributed by atoms with Crippen LogP contribution in [0.5, 0.6) is 5.75 Å². The molecule has 2 fully saturated rings. The topological polar surface area (TPSA) is 57.5 Å². The molecule has 3 aliphatic carbocycles. The summed E-state index contributed by atoms with van der Waals surface area (Å²) in [7, 11) is 0. The predicted molar refractivity (Wildman–Crippen MR) is 91.9 cm³/mol. The largest absolute Gasteiger partial charge is 0.507 e. The lowest BCUT2D eigenvalue weighted by Crippen LogP contribution is -2.50. The van der Waals surface area contributed by atoms with E-state index in [2.05, 4.69) is 12.8 Å². The Kier molecular flexibility index (Phi) is 3.34. The average Bonchev–Trinajstić information content (AvgIpc) is 2.86. The van der Waals surface area contributed by atoms with Crippen LogP contribution in [0.2, 0.25) is 0 Å². The molecule has 2 N–H and O–H groups in total. The normalized spacial score (nSPS) is 40.1. The zero-order valence-corrected chi connectivity index (χ0v) is 14.1. The highest BCUT2D eigenvalue weighted by Gasteiger charge is 2.61. The van der Waals surface area contributed by atoms with E-state index in [0.717, 1.165) is 44.0 Å². The van der Waals surface area contributed by atoms with Crippen LogP contribution in [0.1, 0.15) is 66.4 Å². The van der Waals surface area contributed by atoms with Crippen LogP contribution in [0.3, 0.4) is 0 Å². The van der Waals surface area contributed by atoms with Crippen LogP contribution in [0, 0.1) is 29.6 Å². The standard InChI is InChI=1S/C21H24O3/c1-3-21(24)11-9-18-16-5-4-14-13(6-7-19(23)17(14)12-22)15(16)8-10-20(18,21)2/h1,6-7,12,15-16,18,23-24H,4-5,8-11H2,2H3/t15-,16-,18+,20+,21+/m1/s1. The molecule has 3 aliphatic rings. The number of hydrogen-bond acceptors (Lipinski definition) is 3. The maximum absolute atomic E-state index is 11.4. The molecule has 4 rings (SSSR count). The number of rotatable bonds is 1. The van der Waals surface area contributed by atoms with E-state index < -0.39 is 5.60 Å². The van der Waals surface area contributed by atoms with Gasteiger partial charge >= 0.3 is 0 Å². The molecule has 0 aliphatic heterocycles. The van der Waals surface area contributed by atoms with Gasteiger partial charge in [-0.1, -0.05) is 18.9 Å². The summed E-state index contributed by atoms with van der Waals surface area (Å²) < 4.78 is 0. The number of terminal acetylenes is 1. The summed E-state index contributed by atoms with van der Waals surface area (Å²) in [6.45, 7) is 2.17. The SMILES string of the molecule is C#C[C@]1(O)CC[C@H]2[C@@H]3CCc4c(ccc(O)c4C=O)[C@H]3CC[C@@]21C. The van der Waals surface area contributed by atoms with Gasteiger partial charge in [0.15, 0.2) is 6.29 Å². The first kappa shape index (κ1) is 15.7. The van der Waals surface area contributed by atoms with Gasteiger partial charge in [-0.3, -0.25) is 4.79 Å². The molecule has 0 unspecified atom stereocenters. The van der Waals surface area contributed by atoms with Crippen molar-refractivity contribution in [3.63, 3.8) is 0 Å². The molecule has 5 atom stereocenters. The van der Waals surface area contributed by atoms with Gasteiger partial charge < -0.3 is 10.2 Å². The number of benzene rings is 1. The summed E-state index contributed by atoms with van der Waals surface area (Å²) >= 11 is 0. The van der Waals surface area contributed by atoms with Crippen molar-refractivity contribution < 1.29 is 15.0 Å². The van der Waals surface area contributed by atoms with E-state index in [1.165, 1.54) is 5.56 Å². The number of hydrogen-bond donors (Lipinski definition) is 2. The van der Waals surface area contributed by atoms with E-state index in [4.69, 9.17) is 6.42 Å². The second-order valence-electron chi connectivity index (χ2n) is 8.10. The number of phenols is 1. The molecule has 1 aromatic carbocycles. The van der Waals surface area contributed by atoms with Crippen molar-refractivity contribution in [1.82, 2.24) is 0 Å². The molecule has 0 amide bonds. The van der Waals surface area contributed by atoms with Crippen LogP contribution in [0.4, 0.5) is 0 Å². The fourth-order valence-corrected chi connectivity index (χ4v) is 6.07. The molecule has 0 saturated heterocycles. The van der Waals surface area contributed by atoms with Gasteiger partial charge in [0, 0.05) is 5.41 Å². The molecule has 0 spiro atoms. The Morgan fingerprint density at radius 2 is 2.08 bits per heavy atom. The summed E-state index contributed by atoms with van der Waals surface area (Å²) in [4.78, 5) is 11.4. The van der Waals surface area contributed by atoms with E-state index in [-0.39, 0.29) is 11.2 Å². The highest BCUT2D eigenvalue weighted by Crippen LogP contribution is 2.64. The lowest BCUT2D eigenvalue weighted by atomic mass is 9.53. The first-order chi connectivity index (χ1) is 11.4. The van der Waals surface area contributed by atoms with Crippen LogP contribution < -0.4 is 0 Å². The number of aldehydes is 1. The molecule has 0 heterocycles. The van der Waals surface area contributed by atoms with Crippen LogP contribution >= 0.6 is 0 Å². The minimum absolute atomic E-state index is 0.0884. The second kappa shape index (κ2) is 5.10. The van der Waals surface area contributed by atoms with Crippen molar-refractivity contribution in [3.05, 3.63) is 28.8 Å². The molecule has 3 nitrogen and oxygen atoms in total. The van der Waals surface area contributed by atoms with E-state index in [0.29, 0.717) is 29.7 Å². The zero-order valence-electron chi connectivity index (χ0n) is 14.1. The summed E-state index contributed by atoms with van der Waals surface area (Å²) in [5.41, 5.74) is 1.53. The minimum atomic E-state index is -0.980. The average molecular weight is 324 g/mol. The van der Waals surface area contributed by atoms with Gasteiger partial charge in [-0.2, -0.15) is 0 Å². The smallest absolute Gasteiger partial charge is 0.154 e. The molecule has 3 heteroatoms. The quantitative estimate of drug-likeness (QED) is 0.615. The Labute approximate surface area is 143 Å². The first-order valence-electron chi connectivity index (χ1n) is 8.95. The molecule has 24 heavy (non-hydrogen) atoms. The molecule has 0 bridgehead atoms. The fourth-order valence-electron chi connectivity index (χ4n) is 6.07. The van der Waals surface area contributed by atoms with Gasteiger partial charge in [-0.15, -0.1) is 6.42 Å². The zero-order chi connectivity index (χ0) is 17.1. The van der Waals surface area contributed by atoms with Gasteiger partial charge in [-0.25, -0.2) is 0 Å². The lowest BCUT2D eigenvalue weighted by molar-refractivity contribution is -0.0647. The Balaban J connectivity index is 1.75. The van der Waals surface area contributed by atoms with Crippen LogP contribution in [0.25, 0.3) is 0 Å². The molecule has 0 radical (unpaired) electrons. The molecular formula is C21H24O3. The summed E-state index contributed by atoms with van der Waals surface area (Å²) in [5, 5.41) is 20.9. The van der Waals surface area contributed by atoms with E-state index in [9.17, 15) is 15.0 Å². The van der Waals surface area contributed by atoms with Gasteiger partial charge in [0.05, 0.1) is 5.56 Å². The monoisotopic (exact) mass is 324 g/mol. The first-order valence-corrected chi connectivity index (χ1v) is 8.95. The van der Waals surface area contributed by atoms with Gasteiger partial charge in [0.25, 0.3) is 0 Å². The summed E-state index contributed by atoms with van der Waals surface area (Å²) in [6.07, 6.45) is 11.9. The summed E-state index contributed by atoms with van der Waals surface area (Å²) in [5.74, 6) is 4.13. The minimum Gasteiger partial charge on any atom is -0.507 e. The van der Waals surface area contributed by atoms with E-state index in [1.807, 2.05) is 6.07 Å². The third-order valence-electron chi connectivity index (χ3n) is 7.44. The Bertz CT molecular complexity index is 746. The maximum Gasteiger partial charge on any atom is 0.154 e. The third kappa shape index (κ3) is 1.81. The fraction of sp³-hybridized carbons (Fsp3) is 0.571. The van der Waals surface area contributed by atoms with Gasteiger partial charge in [0.1, 0.15) is 11.4 Å². The van der Waals surface area contributed by atoms with Gasteiger partial charge in [-0.05, 0) is 73.5 Å². The summed E-state index contributed by atoms with van der Waals surface area (Å²) in [6, 6.07) is 3.66. The Hall–Kier alpha value is -1.79.